The highest BCUT2D eigenvalue weighted by Gasteiger charge is 2.36. The predicted molar refractivity (Wildman–Crippen MR) is 181 cm³/mol. The number of pyridine rings is 2. The number of hydrogen-bond donors (Lipinski definition) is 2. The van der Waals surface area contributed by atoms with Crippen LogP contribution in [0.4, 0.5) is 15.9 Å². The number of benzene rings is 2. The van der Waals surface area contributed by atoms with E-state index in [9.17, 15) is 12.8 Å². The zero-order valence-corrected chi connectivity index (χ0v) is 27.5. The Balaban J connectivity index is 1.14. The quantitative estimate of drug-likeness (QED) is 0.0821. The smallest absolute Gasteiger partial charge is 0.220 e. The van der Waals surface area contributed by atoms with E-state index in [0.717, 1.165) is 26.8 Å². The molecule has 2 N–H and O–H groups in total. The summed E-state index contributed by atoms with van der Waals surface area (Å²) in [5.41, 5.74) is 2.67. The minimum atomic E-state index is -2.38. The molecule has 47 heavy (non-hydrogen) atoms. The first kappa shape index (κ1) is 32.2. The largest absolute Gasteiger partial charge is 0.489 e. The molecule has 6 rings (SSSR count). The maximum absolute atomic E-state index is 13.5. The van der Waals surface area contributed by atoms with Gasteiger partial charge in [-0.15, -0.1) is 0 Å². The molecule has 3 aromatic heterocycles. The van der Waals surface area contributed by atoms with Gasteiger partial charge in [-0.3, -0.25) is 9.97 Å². The van der Waals surface area contributed by atoms with Crippen molar-refractivity contribution in [2.24, 2.45) is 0 Å². The van der Waals surface area contributed by atoms with Gasteiger partial charge in [0, 0.05) is 30.2 Å². The topological polar surface area (TPSA) is 128 Å². The van der Waals surface area contributed by atoms with Crippen LogP contribution in [0.25, 0.3) is 10.9 Å². The summed E-state index contributed by atoms with van der Waals surface area (Å²) in [7, 11) is -2.38. The van der Waals surface area contributed by atoms with Crippen LogP contribution >= 0.6 is 15.9 Å². The van der Waals surface area contributed by atoms with Crippen LogP contribution in [0.15, 0.2) is 102 Å². The number of anilines is 2. The summed E-state index contributed by atoms with van der Waals surface area (Å²) in [6, 6.07) is 19.0. The summed E-state index contributed by atoms with van der Waals surface area (Å²) < 4.78 is 49.9. The Labute approximate surface area is 280 Å². The standard InChI is InChI=1S/C34H30BrFN6O4S/c35-27-17-25(9-10-30(27)45-21-23-6-3-7-24(36)16-23)42-33-26-18-32(39-19-29(26)40-22-41-33)34(12-5-15-46-34)11-4-13-37-20-31(47(43)44)28-8-1-2-14-38-28/h1-3,5-10,14-19,22,37H,4,11-13,20-21H2,(H,40,41,42). The van der Waals surface area contributed by atoms with Gasteiger partial charge in [0.15, 0.2) is 5.60 Å². The molecular weight excluding hydrogens is 687 g/mol. The van der Waals surface area contributed by atoms with Gasteiger partial charge in [0.05, 0.1) is 33.8 Å². The van der Waals surface area contributed by atoms with Gasteiger partial charge in [0.2, 0.25) is 10.3 Å². The van der Waals surface area contributed by atoms with Crippen molar-refractivity contribution in [2.45, 2.75) is 31.5 Å². The molecule has 1 atom stereocenters. The first-order chi connectivity index (χ1) is 22.9. The molecule has 2 aromatic carbocycles. The van der Waals surface area contributed by atoms with Crippen molar-refractivity contribution in [3.8, 4) is 5.75 Å². The summed E-state index contributed by atoms with van der Waals surface area (Å²) in [5.74, 6) is 0.915. The fourth-order valence-corrected chi connectivity index (χ4v) is 6.32. The Kier molecular flexibility index (Phi) is 10.1. The molecule has 5 aromatic rings. The number of nitrogens with one attached hydrogen (secondary N) is 2. The lowest BCUT2D eigenvalue weighted by Gasteiger charge is -2.28. The van der Waals surface area contributed by atoms with Crippen LogP contribution in [0.5, 0.6) is 5.75 Å². The van der Waals surface area contributed by atoms with E-state index in [1.807, 2.05) is 36.4 Å². The monoisotopic (exact) mass is 716 g/mol. The van der Waals surface area contributed by atoms with E-state index >= 15 is 0 Å². The highest BCUT2D eigenvalue weighted by atomic mass is 79.9. The first-order valence-corrected chi connectivity index (χ1v) is 16.7. The zero-order valence-electron chi connectivity index (χ0n) is 25.1. The van der Waals surface area contributed by atoms with Crippen molar-refractivity contribution in [1.29, 1.82) is 0 Å². The third-order valence-electron chi connectivity index (χ3n) is 7.68. The van der Waals surface area contributed by atoms with E-state index in [1.165, 1.54) is 18.5 Å². The van der Waals surface area contributed by atoms with Gasteiger partial charge in [0.25, 0.3) is 0 Å². The second kappa shape index (κ2) is 14.8. The van der Waals surface area contributed by atoms with Gasteiger partial charge >= 0.3 is 0 Å². The maximum Gasteiger partial charge on any atom is 0.220 e. The molecule has 1 aliphatic rings. The minimum Gasteiger partial charge on any atom is -0.489 e. The Morgan fingerprint density at radius 1 is 1.04 bits per heavy atom. The number of fused-ring (bicyclic) bond motifs is 1. The molecule has 0 aliphatic carbocycles. The van der Waals surface area contributed by atoms with Crippen molar-refractivity contribution in [1.82, 2.24) is 25.3 Å². The Bertz CT molecular complexity index is 2050. The number of aromatic nitrogens is 4. The van der Waals surface area contributed by atoms with Gasteiger partial charge in [0.1, 0.15) is 35.2 Å². The van der Waals surface area contributed by atoms with Gasteiger partial charge in [-0.05, 0) is 95.5 Å². The Hall–Kier alpha value is -4.72. The molecule has 1 aliphatic heterocycles. The van der Waals surface area contributed by atoms with Gasteiger partial charge in [-0.2, -0.15) is 8.42 Å². The lowest BCUT2D eigenvalue weighted by molar-refractivity contribution is 0.0265. The van der Waals surface area contributed by atoms with Crippen LogP contribution < -0.4 is 15.4 Å². The fraction of sp³-hybridized carbons (Fsp3) is 0.206. The van der Waals surface area contributed by atoms with Crippen molar-refractivity contribution >= 4 is 53.5 Å². The summed E-state index contributed by atoms with van der Waals surface area (Å²) in [5, 5.41) is 7.39. The molecule has 4 heterocycles. The highest BCUT2D eigenvalue weighted by Crippen LogP contribution is 2.39. The first-order valence-electron chi connectivity index (χ1n) is 14.9. The van der Waals surface area contributed by atoms with E-state index in [0.29, 0.717) is 48.6 Å². The Morgan fingerprint density at radius 2 is 1.96 bits per heavy atom. The number of halogens is 2. The van der Waals surface area contributed by atoms with Crippen molar-refractivity contribution < 1.29 is 22.3 Å². The molecule has 1 unspecified atom stereocenters. The molecule has 0 bridgehead atoms. The highest BCUT2D eigenvalue weighted by molar-refractivity contribution is 9.10. The minimum absolute atomic E-state index is 0.177. The summed E-state index contributed by atoms with van der Waals surface area (Å²) >= 11 is 3.58. The number of rotatable bonds is 13. The lowest BCUT2D eigenvalue weighted by atomic mass is 9.90. The van der Waals surface area contributed by atoms with E-state index in [2.05, 4.69) is 41.5 Å². The fourth-order valence-electron chi connectivity index (χ4n) is 5.31. The normalized spacial score (nSPS) is 15.4. The van der Waals surface area contributed by atoms with Gasteiger partial charge in [-0.1, -0.05) is 18.2 Å². The third kappa shape index (κ3) is 7.81. The summed E-state index contributed by atoms with van der Waals surface area (Å²) in [4.78, 5) is 18.0. The number of hydrogen-bond acceptors (Lipinski definition) is 10. The second-order valence-corrected chi connectivity index (χ2v) is 12.7. The average molecular weight is 718 g/mol. The van der Waals surface area contributed by atoms with Crippen molar-refractivity contribution in [3.63, 3.8) is 0 Å². The lowest BCUT2D eigenvalue weighted by Crippen LogP contribution is -2.30. The molecule has 0 saturated heterocycles. The van der Waals surface area contributed by atoms with Crippen LogP contribution in [0.1, 0.15) is 36.2 Å². The van der Waals surface area contributed by atoms with E-state index in [4.69, 9.17) is 14.5 Å². The van der Waals surface area contributed by atoms with Crippen LogP contribution in [0.2, 0.25) is 0 Å². The molecule has 0 fully saturated rings. The van der Waals surface area contributed by atoms with E-state index < -0.39 is 15.9 Å². The molecule has 0 saturated carbocycles. The summed E-state index contributed by atoms with van der Waals surface area (Å²) in [6.45, 7) is 0.977. The molecule has 0 amide bonds. The molecule has 0 radical (unpaired) electrons. The molecule has 13 heteroatoms. The zero-order chi connectivity index (χ0) is 32.6. The molecule has 10 nitrogen and oxygen atoms in total. The van der Waals surface area contributed by atoms with Crippen LogP contribution in [0, 0.1) is 5.82 Å². The predicted octanol–water partition coefficient (Wildman–Crippen LogP) is 6.24. The van der Waals surface area contributed by atoms with Crippen molar-refractivity contribution in [3.05, 3.63) is 125 Å². The van der Waals surface area contributed by atoms with E-state index in [1.54, 1.807) is 42.9 Å². The SMILES string of the molecule is O=S(=O)=C(CNCCCC1(c2cc3c(Nc4ccc(OCc5cccc(F)c5)c(Br)c4)ncnc3cn2)CC=CO1)c1ccccn1. The molecule has 240 valence electrons. The van der Waals surface area contributed by atoms with Crippen LogP contribution in [-0.4, -0.2) is 46.3 Å². The van der Waals surface area contributed by atoms with Crippen molar-refractivity contribution in [2.75, 3.05) is 18.4 Å². The van der Waals surface area contributed by atoms with Crippen LogP contribution in [0.3, 0.4) is 0 Å². The van der Waals surface area contributed by atoms with E-state index in [-0.39, 0.29) is 23.8 Å². The number of ether oxygens (including phenoxy) is 2. The second-order valence-electron chi connectivity index (χ2n) is 10.8. The number of nitrogens with zero attached hydrogens (tertiary/aromatic N) is 4. The Morgan fingerprint density at radius 3 is 2.72 bits per heavy atom. The maximum atomic E-state index is 13.5. The van der Waals surface area contributed by atoms with Gasteiger partial charge < -0.3 is 20.1 Å². The average Bonchev–Trinajstić information content (AvgIpc) is 3.56. The van der Waals surface area contributed by atoms with Crippen LogP contribution in [-0.2, 0) is 27.2 Å². The molecular formula is C34H30BrFN6O4S. The third-order valence-corrected chi connectivity index (χ3v) is 9.05. The van der Waals surface area contributed by atoms with Gasteiger partial charge in [-0.25, -0.2) is 14.4 Å². The summed E-state index contributed by atoms with van der Waals surface area (Å²) in [6.07, 6.45) is 10.4. The molecule has 0 spiro atoms.